The second kappa shape index (κ2) is 20.6. The van der Waals surface area contributed by atoms with E-state index in [1.54, 1.807) is 25.1 Å². The van der Waals surface area contributed by atoms with Crippen molar-refractivity contribution in [3.63, 3.8) is 0 Å². The summed E-state index contributed by atoms with van der Waals surface area (Å²) in [5.41, 5.74) is 1.65. The summed E-state index contributed by atoms with van der Waals surface area (Å²) < 4.78 is 5.84. The SMILES string of the molecule is CCC(=O)SCc1cc(OCCN(C[C@H](O)[C@@H](O)[C@H](O)[C@H](O)CO)C[C@H](O)[C@@H](O)[C@H](O)[C@H](O)CO)ccc1CSC(C)=O. The van der Waals surface area contributed by atoms with Gasteiger partial charge >= 0.3 is 0 Å². The molecule has 0 aliphatic carbocycles. The highest BCUT2D eigenvalue weighted by atomic mass is 32.2. The van der Waals surface area contributed by atoms with Gasteiger partial charge in [0, 0.05) is 44.5 Å². The van der Waals surface area contributed by atoms with Gasteiger partial charge in [-0.15, -0.1) is 0 Å². The van der Waals surface area contributed by atoms with Crippen LogP contribution in [0.1, 0.15) is 31.4 Å². The van der Waals surface area contributed by atoms with Crippen molar-refractivity contribution in [2.24, 2.45) is 0 Å². The summed E-state index contributed by atoms with van der Waals surface area (Å²) in [5.74, 6) is 1.19. The molecule has 1 rings (SSSR count). The summed E-state index contributed by atoms with van der Waals surface area (Å²) in [6.07, 6.45) is -14.1. The molecule has 0 radical (unpaired) electrons. The number of ether oxygens (including phenoxy) is 1. The van der Waals surface area contributed by atoms with Crippen LogP contribution in [0.5, 0.6) is 5.75 Å². The fourth-order valence-electron chi connectivity index (χ4n) is 3.83. The summed E-state index contributed by atoms with van der Waals surface area (Å²) in [4.78, 5) is 24.6. The summed E-state index contributed by atoms with van der Waals surface area (Å²) in [6, 6.07) is 5.18. The molecule has 0 heterocycles. The number of aliphatic hydroxyl groups is 10. The van der Waals surface area contributed by atoms with Crippen LogP contribution in [0, 0.1) is 0 Å². The lowest BCUT2D eigenvalue weighted by molar-refractivity contribution is -0.130. The third-order valence-electron chi connectivity index (χ3n) is 6.50. The average molecular weight is 656 g/mol. The van der Waals surface area contributed by atoms with Gasteiger partial charge in [-0.2, -0.15) is 0 Å². The molecule has 1 aromatic rings. The molecule has 248 valence electrons. The molecule has 0 amide bonds. The third kappa shape index (κ3) is 14.1. The standard InChI is InChI=1S/C27H45NO13S2/c1-3-23(36)43-14-17-8-18(5-4-16(17)13-42-15(2)31)41-7-6-28(9-19(32)24(37)26(39)21(34)11-29)10-20(33)25(38)27(40)22(35)12-30/h4-5,8,19-22,24-27,29-30,32-35,37-40H,3,6-7,9-14H2,1-2H3/t19-,20-,21+,22+,24+,25+,26+,27+/m0/s1. The minimum atomic E-state index is -1.90. The predicted molar refractivity (Wildman–Crippen MR) is 159 cm³/mol. The molecule has 10 N–H and O–H groups in total. The molecule has 43 heavy (non-hydrogen) atoms. The number of carbonyl (C=O) groups excluding carboxylic acids is 2. The van der Waals surface area contributed by atoms with Crippen molar-refractivity contribution in [3.05, 3.63) is 29.3 Å². The van der Waals surface area contributed by atoms with Crippen LogP contribution in [0.3, 0.4) is 0 Å². The van der Waals surface area contributed by atoms with Crippen molar-refractivity contribution < 1.29 is 65.4 Å². The zero-order valence-corrected chi connectivity index (χ0v) is 25.8. The topological polar surface area (TPSA) is 249 Å². The molecule has 0 bridgehead atoms. The highest BCUT2D eigenvalue weighted by Crippen LogP contribution is 2.26. The molecule has 0 aliphatic heterocycles. The quantitative estimate of drug-likeness (QED) is 0.0642. The molecule has 0 spiro atoms. The Labute approximate surface area is 258 Å². The van der Waals surface area contributed by atoms with Crippen molar-refractivity contribution >= 4 is 33.8 Å². The highest BCUT2D eigenvalue weighted by molar-refractivity contribution is 8.13. The Kier molecular flexibility index (Phi) is 19.0. The molecule has 16 heteroatoms. The van der Waals surface area contributed by atoms with E-state index in [9.17, 15) is 50.4 Å². The van der Waals surface area contributed by atoms with Crippen LogP contribution in [0.15, 0.2) is 18.2 Å². The number of nitrogens with zero attached hydrogens (tertiary/aromatic N) is 1. The minimum Gasteiger partial charge on any atom is -0.492 e. The Morgan fingerprint density at radius 1 is 0.767 bits per heavy atom. The third-order valence-corrected chi connectivity index (χ3v) is 8.43. The van der Waals surface area contributed by atoms with Crippen LogP contribution in [-0.4, -0.2) is 154 Å². The van der Waals surface area contributed by atoms with E-state index >= 15 is 0 Å². The maximum Gasteiger partial charge on any atom is 0.188 e. The molecule has 0 saturated carbocycles. The van der Waals surface area contributed by atoms with Gasteiger partial charge in [0.2, 0.25) is 0 Å². The molecule has 1 aromatic carbocycles. The van der Waals surface area contributed by atoms with Gasteiger partial charge < -0.3 is 55.8 Å². The Morgan fingerprint density at radius 2 is 1.26 bits per heavy atom. The first kappa shape index (κ1) is 39.6. The Hall–Kier alpha value is -1.38. The van der Waals surface area contributed by atoms with Crippen molar-refractivity contribution in [1.29, 1.82) is 0 Å². The van der Waals surface area contributed by atoms with Crippen LogP contribution in [-0.2, 0) is 21.1 Å². The van der Waals surface area contributed by atoms with Gasteiger partial charge in [0.25, 0.3) is 0 Å². The molecule has 0 fully saturated rings. The van der Waals surface area contributed by atoms with Crippen LogP contribution >= 0.6 is 23.5 Å². The van der Waals surface area contributed by atoms with Gasteiger partial charge in [0.15, 0.2) is 10.2 Å². The number of hydrogen-bond acceptors (Lipinski definition) is 16. The fourth-order valence-corrected chi connectivity index (χ4v) is 5.26. The van der Waals surface area contributed by atoms with Crippen LogP contribution in [0.25, 0.3) is 0 Å². The summed E-state index contributed by atoms with van der Waals surface area (Å²) in [7, 11) is 0. The number of rotatable bonds is 21. The normalized spacial score (nSPS) is 17.5. The Balaban J connectivity index is 3.05. The fraction of sp³-hybridized carbons (Fsp3) is 0.704. The zero-order valence-electron chi connectivity index (χ0n) is 24.2. The van der Waals surface area contributed by atoms with Gasteiger partial charge in [-0.3, -0.25) is 14.5 Å². The van der Waals surface area contributed by atoms with E-state index < -0.39 is 75.1 Å². The van der Waals surface area contributed by atoms with Gasteiger partial charge in [-0.1, -0.05) is 36.5 Å². The average Bonchev–Trinajstić information content (AvgIpc) is 3.00. The predicted octanol–water partition coefficient (Wildman–Crippen LogP) is -2.81. The van der Waals surface area contributed by atoms with Gasteiger partial charge in [0.05, 0.1) is 25.4 Å². The first-order chi connectivity index (χ1) is 20.2. The van der Waals surface area contributed by atoms with E-state index in [1.807, 2.05) is 0 Å². The number of hydrogen-bond donors (Lipinski definition) is 10. The minimum absolute atomic E-state index is 0.00174. The van der Waals surface area contributed by atoms with E-state index in [0.717, 1.165) is 34.7 Å². The summed E-state index contributed by atoms with van der Waals surface area (Å²) in [5, 5.41) is 98.5. The molecule has 0 unspecified atom stereocenters. The second-order valence-corrected chi connectivity index (χ2v) is 12.1. The molecule has 14 nitrogen and oxygen atoms in total. The summed E-state index contributed by atoms with van der Waals surface area (Å²) in [6.45, 7) is 0.511. The van der Waals surface area contributed by atoms with Crippen LogP contribution < -0.4 is 4.74 Å². The molecular weight excluding hydrogens is 610 g/mol. The Morgan fingerprint density at radius 3 is 1.72 bits per heavy atom. The maximum absolute atomic E-state index is 11.9. The van der Waals surface area contributed by atoms with E-state index in [0.29, 0.717) is 23.7 Å². The first-order valence-electron chi connectivity index (χ1n) is 13.7. The van der Waals surface area contributed by atoms with Crippen molar-refractivity contribution in [3.8, 4) is 5.75 Å². The zero-order chi connectivity index (χ0) is 32.7. The lowest BCUT2D eigenvalue weighted by atomic mass is 10.0. The molecule has 0 saturated heterocycles. The molecule has 0 aliphatic rings. The van der Waals surface area contributed by atoms with Gasteiger partial charge in [-0.05, 0) is 23.3 Å². The summed E-state index contributed by atoms with van der Waals surface area (Å²) >= 11 is 2.27. The smallest absolute Gasteiger partial charge is 0.188 e. The lowest BCUT2D eigenvalue weighted by Crippen LogP contribution is -2.53. The maximum atomic E-state index is 11.9. The van der Waals surface area contributed by atoms with E-state index in [2.05, 4.69) is 0 Å². The monoisotopic (exact) mass is 655 g/mol. The molecule has 8 atom stereocenters. The van der Waals surface area contributed by atoms with E-state index in [4.69, 9.17) is 14.9 Å². The van der Waals surface area contributed by atoms with Crippen molar-refractivity contribution in [1.82, 2.24) is 4.90 Å². The number of aliphatic hydroxyl groups excluding tert-OH is 10. The van der Waals surface area contributed by atoms with E-state index in [1.165, 1.54) is 11.8 Å². The molecular formula is C27H45NO13S2. The first-order valence-corrected chi connectivity index (χ1v) is 15.6. The Bertz CT molecular complexity index is 945. The molecule has 0 aromatic heterocycles. The largest absolute Gasteiger partial charge is 0.492 e. The van der Waals surface area contributed by atoms with Gasteiger partial charge in [0.1, 0.15) is 49.0 Å². The van der Waals surface area contributed by atoms with Crippen molar-refractivity contribution in [2.45, 2.75) is 80.6 Å². The number of carbonyl (C=O) groups is 2. The van der Waals surface area contributed by atoms with Crippen molar-refractivity contribution in [2.75, 3.05) is 39.5 Å². The van der Waals surface area contributed by atoms with Crippen LogP contribution in [0.2, 0.25) is 0 Å². The van der Waals surface area contributed by atoms with Crippen LogP contribution in [0.4, 0.5) is 0 Å². The highest BCUT2D eigenvalue weighted by Gasteiger charge is 2.34. The lowest BCUT2D eigenvalue weighted by Gasteiger charge is -2.33. The second-order valence-electron chi connectivity index (χ2n) is 9.93. The number of thioether (sulfide) groups is 2. The van der Waals surface area contributed by atoms with E-state index in [-0.39, 0.29) is 23.4 Å². The number of benzene rings is 1. The van der Waals surface area contributed by atoms with Gasteiger partial charge in [-0.25, -0.2) is 0 Å².